The van der Waals surface area contributed by atoms with Gasteiger partial charge in [-0.3, -0.25) is 9.59 Å². The molecule has 2 aromatic rings. The van der Waals surface area contributed by atoms with E-state index in [1.54, 1.807) is 0 Å². The first-order chi connectivity index (χ1) is 11.7. The van der Waals surface area contributed by atoms with Crippen molar-refractivity contribution in [1.29, 1.82) is 0 Å². The highest BCUT2D eigenvalue weighted by Gasteiger charge is 2.30. The number of methoxy groups -OCH3 is 1. The molecular formula is C17H14F3NO4. The first kappa shape index (κ1) is 18.3. The van der Waals surface area contributed by atoms with E-state index in [1.165, 1.54) is 44.4 Å². The van der Waals surface area contributed by atoms with Crippen LogP contribution in [0.2, 0.25) is 0 Å². The van der Waals surface area contributed by atoms with E-state index in [1.807, 2.05) is 0 Å². The number of nitrogens with one attached hydrogen (secondary N) is 1. The summed E-state index contributed by atoms with van der Waals surface area (Å²) in [6.07, 6.45) is -4.50. The van der Waals surface area contributed by atoms with Gasteiger partial charge in [0, 0.05) is 18.2 Å². The number of esters is 1. The Hall–Kier alpha value is -3.03. The number of anilines is 1. The normalized spacial score (nSPS) is 10.9. The summed E-state index contributed by atoms with van der Waals surface area (Å²) in [4.78, 5) is 23.2. The average Bonchev–Trinajstić information content (AvgIpc) is 2.54. The average molecular weight is 353 g/mol. The van der Waals surface area contributed by atoms with Crippen LogP contribution in [-0.2, 0) is 11.0 Å². The third-order valence-corrected chi connectivity index (χ3v) is 3.13. The number of hydrogen-bond acceptors (Lipinski definition) is 4. The van der Waals surface area contributed by atoms with Crippen molar-refractivity contribution in [3.8, 4) is 11.5 Å². The molecule has 0 saturated carbocycles. The van der Waals surface area contributed by atoms with Crippen LogP contribution < -0.4 is 14.8 Å². The summed E-state index contributed by atoms with van der Waals surface area (Å²) < 4.78 is 48.1. The van der Waals surface area contributed by atoms with Crippen molar-refractivity contribution in [2.45, 2.75) is 13.1 Å². The lowest BCUT2D eigenvalue weighted by atomic mass is 10.1. The van der Waals surface area contributed by atoms with E-state index in [0.29, 0.717) is 0 Å². The lowest BCUT2D eigenvalue weighted by molar-refractivity contribution is -0.137. The van der Waals surface area contributed by atoms with Crippen molar-refractivity contribution in [3.05, 3.63) is 53.6 Å². The fourth-order valence-electron chi connectivity index (χ4n) is 2.02. The first-order valence-electron chi connectivity index (χ1n) is 7.06. The molecule has 0 heterocycles. The molecule has 132 valence electrons. The van der Waals surface area contributed by atoms with Crippen LogP contribution in [0, 0.1) is 0 Å². The second-order valence-electron chi connectivity index (χ2n) is 4.99. The van der Waals surface area contributed by atoms with Crippen molar-refractivity contribution < 1.29 is 32.2 Å². The molecule has 1 N–H and O–H groups in total. The molecule has 1 amide bonds. The molecule has 0 radical (unpaired) electrons. The minimum Gasteiger partial charge on any atom is -0.493 e. The van der Waals surface area contributed by atoms with Crippen LogP contribution in [0.4, 0.5) is 18.9 Å². The predicted molar refractivity (Wildman–Crippen MR) is 83.7 cm³/mol. The van der Waals surface area contributed by atoms with Gasteiger partial charge >= 0.3 is 12.1 Å². The van der Waals surface area contributed by atoms with Gasteiger partial charge in [-0.15, -0.1) is 0 Å². The maximum atomic E-state index is 12.7. The van der Waals surface area contributed by atoms with Crippen LogP contribution in [0.25, 0.3) is 0 Å². The molecule has 25 heavy (non-hydrogen) atoms. The van der Waals surface area contributed by atoms with E-state index in [9.17, 15) is 22.8 Å². The monoisotopic (exact) mass is 353 g/mol. The van der Waals surface area contributed by atoms with Gasteiger partial charge in [0.25, 0.3) is 5.91 Å². The standard InChI is InChI=1S/C17H14F3NO4/c1-10(22)25-14-7-6-11(8-15(14)24-2)16(23)21-13-5-3-4-12(9-13)17(18,19)20/h3-9H,1-2H3,(H,21,23). The number of benzene rings is 2. The summed E-state index contributed by atoms with van der Waals surface area (Å²) >= 11 is 0. The quantitative estimate of drug-likeness (QED) is 0.669. The Morgan fingerprint density at radius 1 is 1.04 bits per heavy atom. The van der Waals surface area contributed by atoms with Crippen molar-refractivity contribution >= 4 is 17.6 Å². The number of ether oxygens (including phenoxy) is 2. The van der Waals surface area contributed by atoms with E-state index in [2.05, 4.69) is 5.32 Å². The van der Waals surface area contributed by atoms with E-state index in [-0.39, 0.29) is 22.7 Å². The zero-order chi connectivity index (χ0) is 18.6. The number of halogens is 3. The van der Waals surface area contributed by atoms with E-state index < -0.39 is 23.6 Å². The van der Waals surface area contributed by atoms with Gasteiger partial charge in [0.1, 0.15) is 0 Å². The molecule has 0 aliphatic heterocycles. The second-order valence-corrected chi connectivity index (χ2v) is 4.99. The van der Waals surface area contributed by atoms with Crippen molar-refractivity contribution in [2.24, 2.45) is 0 Å². The molecule has 0 bridgehead atoms. The van der Waals surface area contributed by atoms with Gasteiger partial charge in [0.2, 0.25) is 0 Å². The summed E-state index contributed by atoms with van der Waals surface area (Å²) in [7, 11) is 1.33. The summed E-state index contributed by atoms with van der Waals surface area (Å²) in [6, 6.07) is 8.33. The zero-order valence-electron chi connectivity index (χ0n) is 13.3. The lowest BCUT2D eigenvalue weighted by Crippen LogP contribution is -2.13. The van der Waals surface area contributed by atoms with Gasteiger partial charge in [-0.05, 0) is 36.4 Å². The number of carbonyl (C=O) groups excluding carboxylic acids is 2. The first-order valence-corrected chi connectivity index (χ1v) is 7.06. The van der Waals surface area contributed by atoms with Gasteiger partial charge in [0.05, 0.1) is 12.7 Å². The summed E-state index contributed by atoms with van der Waals surface area (Å²) in [5.41, 5.74) is -0.735. The smallest absolute Gasteiger partial charge is 0.416 e. The Morgan fingerprint density at radius 2 is 1.76 bits per heavy atom. The Labute approximate surface area is 141 Å². The van der Waals surface area contributed by atoms with Crippen LogP contribution in [0.1, 0.15) is 22.8 Å². The van der Waals surface area contributed by atoms with Crippen molar-refractivity contribution in [3.63, 3.8) is 0 Å². The highest BCUT2D eigenvalue weighted by molar-refractivity contribution is 6.04. The molecule has 0 fully saturated rings. The largest absolute Gasteiger partial charge is 0.493 e. The van der Waals surface area contributed by atoms with Crippen LogP contribution in [-0.4, -0.2) is 19.0 Å². The van der Waals surface area contributed by atoms with E-state index >= 15 is 0 Å². The van der Waals surface area contributed by atoms with Gasteiger partial charge in [-0.1, -0.05) is 6.07 Å². The predicted octanol–water partition coefficient (Wildman–Crippen LogP) is 3.89. The van der Waals surface area contributed by atoms with Gasteiger partial charge in [-0.2, -0.15) is 13.2 Å². The Balaban J connectivity index is 2.22. The number of carbonyl (C=O) groups is 2. The Bertz CT molecular complexity index is 803. The van der Waals surface area contributed by atoms with Gasteiger partial charge < -0.3 is 14.8 Å². The number of hydrogen-bond donors (Lipinski definition) is 1. The van der Waals surface area contributed by atoms with E-state index in [4.69, 9.17) is 9.47 Å². The lowest BCUT2D eigenvalue weighted by Gasteiger charge is -2.12. The fraction of sp³-hybridized carbons (Fsp3) is 0.176. The van der Waals surface area contributed by atoms with Crippen LogP contribution in [0.15, 0.2) is 42.5 Å². The van der Waals surface area contributed by atoms with Crippen LogP contribution in [0.5, 0.6) is 11.5 Å². The molecule has 0 aromatic heterocycles. The highest BCUT2D eigenvalue weighted by atomic mass is 19.4. The molecule has 5 nitrogen and oxygen atoms in total. The van der Waals surface area contributed by atoms with Crippen LogP contribution in [0.3, 0.4) is 0 Å². The Morgan fingerprint density at radius 3 is 2.36 bits per heavy atom. The minimum absolute atomic E-state index is 0.00264. The fourth-order valence-corrected chi connectivity index (χ4v) is 2.02. The minimum atomic E-state index is -4.50. The van der Waals surface area contributed by atoms with Gasteiger partial charge in [0.15, 0.2) is 11.5 Å². The van der Waals surface area contributed by atoms with Gasteiger partial charge in [-0.25, -0.2) is 0 Å². The van der Waals surface area contributed by atoms with Crippen molar-refractivity contribution in [1.82, 2.24) is 0 Å². The Kier molecular flexibility index (Phi) is 5.31. The molecule has 0 spiro atoms. The molecule has 2 rings (SSSR count). The molecule has 0 unspecified atom stereocenters. The maximum absolute atomic E-state index is 12.7. The maximum Gasteiger partial charge on any atom is 0.416 e. The highest BCUT2D eigenvalue weighted by Crippen LogP contribution is 2.31. The SMILES string of the molecule is COc1cc(C(=O)Nc2cccc(C(F)(F)F)c2)ccc1OC(C)=O. The number of amides is 1. The topological polar surface area (TPSA) is 64.6 Å². The summed E-state index contributed by atoms with van der Waals surface area (Å²) in [5.74, 6) is -0.913. The number of alkyl halides is 3. The molecule has 0 aliphatic carbocycles. The molecule has 0 saturated heterocycles. The summed E-state index contributed by atoms with van der Waals surface area (Å²) in [6.45, 7) is 1.22. The molecule has 0 aliphatic rings. The second kappa shape index (κ2) is 7.25. The van der Waals surface area contributed by atoms with Crippen LogP contribution >= 0.6 is 0 Å². The molecule has 8 heteroatoms. The van der Waals surface area contributed by atoms with E-state index in [0.717, 1.165) is 12.1 Å². The third-order valence-electron chi connectivity index (χ3n) is 3.13. The third kappa shape index (κ3) is 4.72. The molecule has 0 atom stereocenters. The molecular weight excluding hydrogens is 339 g/mol. The zero-order valence-corrected chi connectivity index (χ0v) is 13.3. The number of rotatable bonds is 4. The molecule has 2 aromatic carbocycles. The van der Waals surface area contributed by atoms with Crippen molar-refractivity contribution in [2.75, 3.05) is 12.4 Å². The summed E-state index contributed by atoms with van der Waals surface area (Å²) in [5, 5.41) is 2.38.